The number of carbonyl (C=O) groups excluding carboxylic acids is 1. The fourth-order valence-electron chi connectivity index (χ4n) is 2.73. The molecule has 1 amide bonds. The first-order valence-electron chi connectivity index (χ1n) is 7.94. The zero-order valence-electron chi connectivity index (χ0n) is 13.8. The summed E-state index contributed by atoms with van der Waals surface area (Å²) in [5, 5.41) is 7.80. The number of carbonyl (C=O) groups is 1. The molecule has 1 N–H and O–H groups in total. The number of aromatic nitrogens is 4. The number of hydrogen-bond acceptors (Lipinski definition) is 4. The summed E-state index contributed by atoms with van der Waals surface area (Å²) in [6, 6.07) is 12.8. The molecule has 0 aliphatic heterocycles. The van der Waals surface area contributed by atoms with Gasteiger partial charge in [-0.3, -0.25) is 9.78 Å². The lowest BCUT2D eigenvalue weighted by molar-refractivity contribution is 0.102. The number of pyridine rings is 2. The number of amides is 1. The van der Waals surface area contributed by atoms with Gasteiger partial charge in [0.15, 0.2) is 5.65 Å². The van der Waals surface area contributed by atoms with E-state index in [-0.39, 0.29) is 5.91 Å². The molecule has 6 nitrogen and oxygen atoms in total. The normalized spacial score (nSPS) is 10.8. The number of nitrogens with one attached hydrogen (secondary N) is 1. The van der Waals surface area contributed by atoms with Crippen LogP contribution in [0.2, 0.25) is 5.02 Å². The highest BCUT2D eigenvalue weighted by Gasteiger charge is 2.15. The molecule has 0 aliphatic rings. The van der Waals surface area contributed by atoms with Crippen LogP contribution in [0.15, 0.2) is 61.1 Å². The molecule has 0 radical (unpaired) electrons. The van der Waals surface area contributed by atoms with Crippen molar-refractivity contribution in [3.63, 3.8) is 0 Å². The van der Waals surface area contributed by atoms with Gasteiger partial charge in [0, 0.05) is 23.0 Å². The smallest absolute Gasteiger partial charge is 0.257 e. The molecule has 0 unspecified atom stereocenters. The van der Waals surface area contributed by atoms with Crippen LogP contribution in [0.3, 0.4) is 0 Å². The van der Waals surface area contributed by atoms with E-state index < -0.39 is 0 Å². The van der Waals surface area contributed by atoms with E-state index in [1.54, 1.807) is 47.4 Å². The minimum absolute atomic E-state index is 0.253. The van der Waals surface area contributed by atoms with Crippen molar-refractivity contribution in [1.29, 1.82) is 0 Å². The molecule has 4 rings (SSSR count). The van der Waals surface area contributed by atoms with E-state index in [0.717, 1.165) is 11.1 Å². The number of anilines is 1. The molecule has 3 aromatic heterocycles. The van der Waals surface area contributed by atoms with E-state index in [1.165, 1.54) is 0 Å². The van der Waals surface area contributed by atoms with Gasteiger partial charge in [0.2, 0.25) is 0 Å². The quantitative estimate of drug-likeness (QED) is 0.597. The minimum Gasteiger partial charge on any atom is -0.321 e. The second kappa shape index (κ2) is 6.57. The van der Waals surface area contributed by atoms with Crippen molar-refractivity contribution >= 4 is 28.8 Å². The van der Waals surface area contributed by atoms with Crippen LogP contribution in [0.5, 0.6) is 0 Å². The maximum absolute atomic E-state index is 12.7. The molecule has 0 saturated heterocycles. The third-order valence-corrected chi connectivity index (χ3v) is 4.09. The molecular formula is C19H14ClN5O. The monoisotopic (exact) mass is 363 g/mol. The number of aryl methyl sites for hydroxylation is 1. The average molecular weight is 364 g/mol. The van der Waals surface area contributed by atoms with E-state index in [9.17, 15) is 4.79 Å². The van der Waals surface area contributed by atoms with Crippen molar-refractivity contribution in [2.24, 2.45) is 0 Å². The standard InChI is InChI=1S/C19H14ClN5O/c1-12-22-18-17(13-4-2-5-15(20)8-13)9-14(11-25(18)24-12)19(26)23-16-6-3-7-21-10-16/h2-11H,1H3,(H,23,26). The Labute approximate surface area is 154 Å². The largest absolute Gasteiger partial charge is 0.321 e. The number of benzene rings is 1. The summed E-state index contributed by atoms with van der Waals surface area (Å²) in [5.74, 6) is 0.370. The maximum Gasteiger partial charge on any atom is 0.257 e. The number of hydrogen-bond donors (Lipinski definition) is 1. The minimum atomic E-state index is -0.253. The van der Waals surface area contributed by atoms with Gasteiger partial charge in [-0.15, -0.1) is 0 Å². The molecule has 0 fully saturated rings. The molecule has 3 heterocycles. The summed E-state index contributed by atoms with van der Waals surface area (Å²) in [6.45, 7) is 1.81. The highest BCUT2D eigenvalue weighted by atomic mass is 35.5. The van der Waals surface area contributed by atoms with E-state index in [1.807, 2.05) is 25.1 Å². The molecule has 26 heavy (non-hydrogen) atoms. The fraction of sp³-hybridized carbons (Fsp3) is 0.0526. The summed E-state index contributed by atoms with van der Waals surface area (Å²) in [7, 11) is 0. The SMILES string of the molecule is Cc1nc2c(-c3cccc(Cl)c3)cc(C(=O)Nc3cccnc3)cn2n1. The van der Waals surface area contributed by atoms with E-state index in [0.29, 0.717) is 27.7 Å². The summed E-state index contributed by atoms with van der Waals surface area (Å²) in [6.07, 6.45) is 4.90. The number of halogens is 1. The van der Waals surface area contributed by atoms with Crippen LogP contribution in [0.4, 0.5) is 5.69 Å². The Kier molecular flexibility index (Phi) is 4.10. The van der Waals surface area contributed by atoms with E-state index >= 15 is 0 Å². The van der Waals surface area contributed by atoms with Crippen LogP contribution in [0, 0.1) is 6.92 Å². The van der Waals surface area contributed by atoms with Crippen LogP contribution < -0.4 is 5.32 Å². The van der Waals surface area contributed by atoms with Crippen molar-refractivity contribution in [3.8, 4) is 11.1 Å². The van der Waals surface area contributed by atoms with Gasteiger partial charge in [-0.05, 0) is 42.8 Å². The summed E-state index contributed by atoms with van der Waals surface area (Å²) in [5.41, 5.74) is 3.40. The topological polar surface area (TPSA) is 72.2 Å². The Balaban J connectivity index is 1.82. The molecule has 128 valence electrons. The summed E-state index contributed by atoms with van der Waals surface area (Å²) in [4.78, 5) is 21.2. The van der Waals surface area contributed by atoms with Gasteiger partial charge in [0.05, 0.1) is 17.4 Å². The first-order chi connectivity index (χ1) is 12.6. The first-order valence-corrected chi connectivity index (χ1v) is 8.32. The zero-order chi connectivity index (χ0) is 18.1. The van der Waals surface area contributed by atoms with Gasteiger partial charge >= 0.3 is 0 Å². The van der Waals surface area contributed by atoms with Gasteiger partial charge in [0.1, 0.15) is 5.82 Å². The van der Waals surface area contributed by atoms with Gasteiger partial charge < -0.3 is 5.32 Å². The maximum atomic E-state index is 12.7. The van der Waals surface area contributed by atoms with Crippen molar-refractivity contribution in [2.75, 3.05) is 5.32 Å². The van der Waals surface area contributed by atoms with Gasteiger partial charge in [-0.25, -0.2) is 9.50 Å². The molecular weight excluding hydrogens is 350 g/mol. The lowest BCUT2D eigenvalue weighted by Gasteiger charge is -2.09. The number of fused-ring (bicyclic) bond motifs is 1. The van der Waals surface area contributed by atoms with Crippen LogP contribution >= 0.6 is 11.6 Å². The van der Waals surface area contributed by atoms with Gasteiger partial charge in [0.25, 0.3) is 5.91 Å². The van der Waals surface area contributed by atoms with Crippen molar-refractivity contribution in [2.45, 2.75) is 6.92 Å². The third kappa shape index (κ3) is 3.14. The Morgan fingerprint density at radius 2 is 2.08 bits per heavy atom. The molecule has 0 atom stereocenters. The molecule has 0 bridgehead atoms. The van der Waals surface area contributed by atoms with E-state index in [2.05, 4.69) is 20.4 Å². The average Bonchev–Trinajstić information content (AvgIpc) is 3.01. The Bertz CT molecular complexity index is 1110. The predicted octanol–water partition coefficient (Wildman–Crippen LogP) is 4.01. The third-order valence-electron chi connectivity index (χ3n) is 3.86. The molecule has 0 spiro atoms. The Morgan fingerprint density at radius 1 is 1.19 bits per heavy atom. The van der Waals surface area contributed by atoms with E-state index in [4.69, 9.17) is 11.6 Å². The van der Waals surface area contributed by atoms with Crippen molar-refractivity contribution in [1.82, 2.24) is 19.6 Å². The van der Waals surface area contributed by atoms with Crippen molar-refractivity contribution in [3.05, 3.63) is 77.5 Å². The fourth-order valence-corrected chi connectivity index (χ4v) is 2.92. The summed E-state index contributed by atoms with van der Waals surface area (Å²) >= 11 is 6.13. The molecule has 0 saturated carbocycles. The molecule has 1 aromatic carbocycles. The zero-order valence-corrected chi connectivity index (χ0v) is 14.6. The molecule has 0 aliphatic carbocycles. The second-order valence-electron chi connectivity index (χ2n) is 5.78. The molecule has 4 aromatic rings. The summed E-state index contributed by atoms with van der Waals surface area (Å²) < 4.78 is 1.61. The van der Waals surface area contributed by atoms with Crippen LogP contribution in [0.1, 0.15) is 16.2 Å². The van der Waals surface area contributed by atoms with Gasteiger partial charge in [-0.2, -0.15) is 5.10 Å². The first kappa shape index (κ1) is 16.2. The predicted molar refractivity (Wildman–Crippen MR) is 100 cm³/mol. The molecule has 7 heteroatoms. The highest BCUT2D eigenvalue weighted by molar-refractivity contribution is 6.30. The lowest BCUT2D eigenvalue weighted by Crippen LogP contribution is -2.13. The van der Waals surface area contributed by atoms with Crippen LogP contribution in [-0.4, -0.2) is 25.5 Å². The highest BCUT2D eigenvalue weighted by Crippen LogP contribution is 2.27. The van der Waals surface area contributed by atoms with Crippen LogP contribution in [0.25, 0.3) is 16.8 Å². The van der Waals surface area contributed by atoms with Gasteiger partial charge in [-0.1, -0.05) is 23.7 Å². The van der Waals surface area contributed by atoms with Crippen LogP contribution in [-0.2, 0) is 0 Å². The second-order valence-corrected chi connectivity index (χ2v) is 6.21. The number of rotatable bonds is 3. The lowest BCUT2D eigenvalue weighted by atomic mass is 10.0. The van der Waals surface area contributed by atoms with Crippen molar-refractivity contribution < 1.29 is 4.79 Å². The number of nitrogens with zero attached hydrogens (tertiary/aromatic N) is 4. The Morgan fingerprint density at radius 3 is 2.85 bits per heavy atom. The Hall–Kier alpha value is -3.25.